The molecule has 3 aromatic carbocycles. The molecule has 0 aliphatic carbocycles. The van der Waals surface area contributed by atoms with Crippen LogP contribution in [0.25, 0.3) is 20.3 Å². The van der Waals surface area contributed by atoms with Gasteiger partial charge in [-0.2, -0.15) is 0 Å². The summed E-state index contributed by atoms with van der Waals surface area (Å²) >= 11 is 2.78. The molecule has 0 aliphatic heterocycles. The van der Waals surface area contributed by atoms with Gasteiger partial charge in [0.1, 0.15) is 4.70 Å². The van der Waals surface area contributed by atoms with Gasteiger partial charge in [0.25, 0.3) is 5.56 Å². The summed E-state index contributed by atoms with van der Waals surface area (Å²) in [6.07, 6.45) is 1.67. The van der Waals surface area contributed by atoms with Crippen molar-refractivity contribution >= 4 is 55.0 Å². The molecule has 7 heteroatoms. The van der Waals surface area contributed by atoms with Crippen LogP contribution in [0.15, 0.2) is 88.8 Å². The van der Waals surface area contributed by atoms with Crippen LogP contribution in [-0.2, 0) is 24.2 Å². The summed E-state index contributed by atoms with van der Waals surface area (Å²) in [5.74, 6) is 0.0410. The first-order chi connectivity index (χ1) is 17.1. The smallest absolute Gasteiger partial charge is 0.272 e. The highest BCUT2D eigenvalue weighted by atomic mass is 32.2. The summed E-state index contributed by atoms with van der Waals surface area (Å²) in [6, 6.07) is 25.9. The van der Waals surface area contributed by atoms with E-state index in [1.165, 1.54) is 28.7 Å². The second kappa shape index (κ2) is 10.5. The van der Waals surface area contributed by atoms with Gasteiger partial charge in [-0.05, 0) is 42.2 Å². The number of nitrogens with one attached hydrogen (secondary N) is 1. The molecule has 0 saturated carbocycles. The number of aryl methyl sites for hydroxylation is 2. The van der Waals surface area contributed by atoms with Crippen molar-refractivity contribution in [2.24, 2.45) is 0 Å². The Morgan fingerprint density at radius 1 is 0.971 bits per heavy atom. The molecule has 0 unspecified atom stereocenters. The third-order valence-corrected chi connectivity index (χ3v) is 8.02. The van der Waals surface area contributed by atoms with Crippen molar-refractivity contribution in [3.63, 3.8) is 0 Å². The summed E-state index contributed by atoms with van der Waals surface area (Å²) in [6.45, 7) is 2.60. The zero-order valence-corrected chi connectivity index (χ0v) is 21.0. The number of nitrogens with zero attached hydrogens (tertiary/aromatic N) is 2. The maximum atomic E-state index is 13.6. The van der Waals surface area contributed by atoms with Crippen molar-refractivity contribution < 1.29 is 4.79 Å². The lowest BCUT2D eigenvalue weighted by molar-refractivity contribution is -0.113. The topological polar surface area (TPSA) is 64.0 Å². The number of carbonyl (C=O) groups is 1. The van der Waals surface area contributed by atoms with E-state index in [1.54, 1.807) is 4.57 Å². The second-order valence-corrected chi connectivity index (χ2v) is 10.2. The Hall–Kier alpha value is -3.42. The highest BCUT2D eigenvalue weighted by Gasteiger charge is 2.17. The maximum Gasteiger partial charge on any atom is 0.272 e. The van der Waals surface area contributed by atoms with Gasteiger partial charge in [0, 0.05) is 22.3 Å². The molecule has 0 spiro atoms. The van der Waals surface area contributed by atoms with Gasteiger partial charge < -0.3 is 5.32 Å². The molecule has 0 saturated heterocycles. The van der Waals surface area contributed by atoms with E-state index < -0.39 is 0 Å². The van der Waals surface area contributed by atoms with Crippen molar-refractivity contribution in [2.75, 3.05) is 11.1 Å². The lowest BCUT2D eigenvalue weighted by Gasteiger charge is -2.12. The number of rotatable bonds is 8. The van der Waals surface area contributed by atoms with Crippen LogP contribution in [0, 0.1) is 0 Å². The SMILES string of the molecule is CCc1ccc(NC(=O)CSc2nc3c(sc4ccccc43)c(=O)n2CCc2ccccc2)cc1. The molecule has 0 radical (unpaired) electrons. The van der Waals surface area contributed by atoms with Gasteiger partial charge in [-0.3, -0.25) is 14.2 Å². The van der Waals surface area contributed by atoms with Gasteiger partial charge in [-0.25, -0.2) is 4.98 Å². The third-order valence-electron chi connectivity index (χ3n) is 5.89. The fourth-order valence-electron chi connectivity index (χ4n) is 4.00. The molecule has 0 fully saturated rings. The van der Waals surface area contributed by atoms with Crippen molar-refractivity contribution in [2.45, 2.75) is 31.5 Å². The van der Waals surface area contributed by atoms with Crippen molar-refractivity contribution in [3.05, 3.63) is 100 Å². The molecular weight excluding hydrogens is 474 g/mol. The number of thiophene rings is 1. The minimum atomic E-state index is -0.126. The Morgan fingerprint density at radius 2 is 1.71 bits per heavy atom. The van der Waals surface area contributed by atoms with E-state index in [0.29, 0.717) is 28.3 Å². The lowest BCUT2D eigenvalue weighted by Crippen LogP contribution is -2.24. The molecule has 2 aromatic heterocycles. The van der Waals surface area contributed by atoms with Gasteiger partial charge in [0.15, 0.2) is 5.16 Å². The Bertz CT molecular complexity index is 1540. The Balaban J connectivity index is 1.43. The normalized spacial score (nSPS) is 11.2. The van der Waals surface area contributed by atoms with E-state index in [0.717, 1.165) is 27.8 Å². The number of anilines is 1. The predicted molar refractivity (Wildman–Crippen MR) is 147 cm³/mol. The van der Waals surface area contributed by atoms with E-state index >= 15 is 0 Å². The molecular formula is C28H25N3O2S2. The molecule has 1 N–H and O–H groups in total. The Labute approximate surface area is 211 Å². The molecule has 5 nitrogen and oxygen atoms in total. The third kappa shape index (κ3) is 5.16. The first kappa shape index (κ1) is 23.3. The highest BCUT2D eigenvalue weighted by molar-refractivity contribution is 7.99. The minimum Gasteiger partial charge on any atom is -0.325 e. The zero-order chi connectivity index (χ0) is 24.2. The summed E-state index contributed by atoms with van der Waals surface area (Å²) in [5, 5.41) is 4.49. The fraction of sp³-hybridized carbons (Fsp3) is 0.179. The van der Waals surface area contributed by atoms with Crippen LogP contribution >= 0.6 is 23.1 Å². The van der Waals surface area contributed by atoms with E-state index in [-0.39, 0.29) is 17.2 Å². The standard InChI is InChI=1S/C28H25N3O2S2/c1-2-19-12-14-21(15-13-19)29-24(32)18-34-28-30-25-22-10-6-7-11-23(22)35-26(25)27(33)31(28)17-16-20-8-4-3-5-9-20/h3-15H,2,16-18H2,1H3,(H,29,32). The van der Waals surface area contributed by atoms with Crippen LogP contribution < -0.4 is 10.9 Å². The van der Waals surface area contributed by atoms with Gasteiger partial charge in [0.2, 0.25) is 5.91 Å². The number of fused-ring (bicyclic) bond motifs is 3. The lowest BCUT2D eigenvalue weighted by atomic mass is 10.1. The van der Waals surface area contributed by atoms with Gasteiger partial charge in [-0.1, -0.05) is 79.3 Å². The van der Waals surface area contributed by atoms with Gasteiger partial charge >= 0.3 is 0 Å². The number of benzene rings is 3. The minimum absolute atomic E-state index is 0.0507. The van der Waals surface area contributed by atoms with Crippen molar-refractivity contribution in [1.82, 2.24) is 9.55 Å². The fourth-order valence-corrected chi connectivity index (χ4v) is 5.91. The van der Waals surface area contributed by atoms with Crippen LogP contribution in [-0.4, -0.2) is 21.2 Å². The van der Waals surface area contributed by atoms with Gasteiger partial charge in [0.05, 0.1) is 11.3 Å². The highest BCUT2D eigenvalue weighted by Crippen LogP contribution is 2.32. The summed E-state index contributed by atoms with van der Waals surface area (Å²) in [4.78, 5) is 31.1. The Kier molecular flexibility index (Phi) is 6.97. The summed E-state index contributed by atoms with van der Waals surface area (Å²) in [7, 11) is 0. The van der Waals surface area contributed by atoms with Crippen LogP contribution in [0.2, 0.25) is 0 Å². The maximum absolute atomic E-state index is 13.6. The first-order valence-electron chi connectivity index (χ1n) is 11.6. The van der Waals surface area contributed by atoms with Crippen LogP contribution in [0.5, 0.6) is 0 Å². The number of hydrogen-bond donors (Lipinski definition) is 1. The number of amides is 1. The van der Waals surface area contributed by atoms with E-state index in [9.17, 15) is 9.59 Å². The van der Waals surface area contributed by atoms with Crippen LogP contribution in [0.3, 0.4) is 0 Å². The summed E-state index contributed by atoms with van der Waals surface area (Å²) < 4.78 is 3.42. The number of carbonyl (C=O) groups excluding carboxylic acids is 1. The average molecular weight is 500 g/mol. The molecule has 0 bridgehead atoms. The van der Waals surface area contributed by atoms with E-state index in [1.807, 2.05) is 66.7 Å². The average Bonchev–Trinajstić information content (AvgIpc) is 3.27. The van der Waals surface area contributed by atoms with E-state index in [4.69, 9.17) is 4.98 Å². The number of thioether (sulfide) groups is 1. The quantitative estimate of drug-likeness (QED) is 0.206. The molecule has 0 atom stereocenters. The molecule has 5 rings (SSSR count). The molecule has 0 aliphatic rings. The first-order valence-corrected chi connectivity index (χ1v) is 13.4. The van der Waals surface area contributed by atoms with Crippen LogP contribution in [0.4, 0.5) is 5.69 Å². The van der Waals surface area contributed by atoms with E-state index in [2.05, 4.69) is 24.4 Å². The predicted octanol–water partition coefficient (Wildman–Crippen LogP) is 6.15. The van der Waals surface area contributed by atoms with Crippen molar-refractivity contribution in [3.8, 4) is 0 Å². The van der Waals surface area contributed by atoms with Crippen LogP contribution in [0.1, 0.15) is 18.1 Å². The zero-order valence-electron chi connectivity index (χ0n) is 19.4. The largest absolute Gasteiger partial charge is 0.325 e. The molecule has 5 aromatic rings. The molecule has 176 valence electrons. The van der Waals surface area contributed by atoms with Gasteiger partial charge in [-0.15, -0.1) is 11.3 Å². The molecule has 2 heterocycles. The molecule has 35 heavy (non-hydrogen) atoms. The molecule has 1 amide bonds. The monoisotopic (exact) mass is 499 g/mol. The van der Waals surface area contributed by atoms with Crippen molar-refractivity contribution in [1.29, 1.82) is 0 Å². The number of hydrogen-bond acceptors (Lipinski definition) is 5. The Morgan fingerprint density at radius 3 is 2.49 bits per heavy atom. The second-order valence-electron chi connectivity index (χ2n) is 8.25. The number of aromatic nitrogens is 2. The summed E-state index contributed by atoms with van der Waals surface area (Å²) in [5.41, 5.74) is 3.80.